The van der Waals surface area contributed by atoms with E-state index >= 15 is 0 Å². The molecule has 0 spiro atoms. The molecular formula is C20H33Cl2N5O. The van der Waals surface area contributed by atoms with Gasteiger partial charge in [-0.1, -0.05) is 12.8 Å². The Morgan fingerprint density at radius 1 is 1.11 bits per heavy atom. The van der Waals surface area contributed by atoms with E-state index in [1.165, 1.54) is 25.7 Å². The molecule has 2 aliphatic heterocycles. The molecule has 3 aliphatic rings. The molecule has 3 atom stereocenters. The average molecular weight is 430 g/mol. The maximum absolute atomic E-state index is 12.7. The van der Waals surface area contributed by atoms with Crippen molar-refractivity contribution in [3.05, 3.63) is 17.6 Å². The molecule has 1 saturated carbocycles. The Morgan fingerprint density at radius 3 is 2.50 bits per heavy atom. The van der Waals surface area contributed by atoms with Crippen molar-refractivity contribution in [2.45, 2.75) is 76.9 Å². The van der Waals surface area contributed by atoms with Gasteiger partial charge in [0.15, 0.2) is 0 Å². The summed E-state index contributed by atoms with van der Waals surface area (Å²) >= 11 is 0. The lowest BCUT2D eigenvalue weighted by molar-refractivity contribution is -0.123. The maximum Gasteiger partial charge on any atom is 0.237 e. The zero-order valence-electron chi connectivity index (χ0n) is 16.8. The van der Waals surface area contributed by atoms with Crippen LogP contribution >= 0.6 is 24.8 Å². The molecular weight excluding hydrogens is 397 g/mol. The van der Waals surface area contributed by atoms with Gasteiger partial charge in [-0.3, -0.25) is 4.79 Å². The van der Waals surface area contributed by atoms with E-state index in [1.807, 2.05) is 13.8 Å². The number of rotatable bonds is 3. The van der Waals surface area contributed by atoms with Gasteiger partial charge in [0.25, 0.3) is 0 Å². The lowest BCUT2D eigenvalue weighted by Gasteiger charge is -2.33. The molecule has 4 rings (SSSR count). The first-order chi connectivity index (χ1) is 12.6. The molecule has 1 aromatic heterocycles. The largest absolute Gasteiger partial charge is 0.356 e. The summed E-state index contributed by atoms with van der Waals surface area (Å²) in [6, 6.07) is 2.93. The van der Waals surface area contributed by atoms with Gasteiger partial charge >= 0.3 is 0 Å². The summed E-state index contributed by atoms with van der Waals surface area (Å²) in [6.07, 6.45) is 8.15. The molecule has 1 aromatic rings. The quantitative estimate of drug-likeness (QED) is 0.772. The molecule has 0 radical (unpaired) electrons. The van der Waals surface area contributed by atoms with Crippen molar-refractivity contribution in [3.8, 4) is 0 Å². The number of carbonyl (C=O) groups is 1. The molecule has 0 bridgehead atoms. The number of fused-ring (bicyclic) bond motifs is 1. The second-order valence-electron chi connectivity index (χ2n) is 8.29. The van der Waals surface area contributed by atoms with E-state index in [1.54, 1.807) is 0 Å². The molecule has 158 valence electrons. The smallest absolute Gasteiger partial charge is 0.237 e. The van der Waals surface area contributed by atoms with E-state index in [9.17, 15) is 4.79 Å². The van der Waals surface area contributed by atoms with E-state index in [0.717, 1.165) is 49.7 Å². The minimum Gasteiger partial charge on any atom is -0.356 e. The number of nitrogens with zero attached hydrogens (tertiary/aromatic N) is 3. The maximum atomic E-state index is 12.7. The zero-order valence-corrected chi connectivity index (χ0v) is 18.5. The van der Waals surface area contributed by atoms with Gasteiger partial charge in [0.1, 0.15) is 11.6 Å². The lowest BCUT2D eigenvalue weighted by atomic mass is 9.85. The first-order valence-corrected chi connectivity index (χ1v) is 10.2. The molecule has 2 N–H and O–H groups in total. The average Bonchev–Trinajstić information content (AvgIpc) is 3.06. The summed E-state index contributed by atoms with van der Waals surface area (Å²) in [5.74, 6) is 2.77. The highest BCUT2D eigenvalue weighted by atomic mass is 35.5. The number of aryl methyl sites for hydroxylation is 2. The number of carbonyl (C=O) groups excluding carboxylic acids is 1. The SMILES string of the molecule is Cc1cc(N2CCC(NC(=O)C3CC4CCCCC4N3)CC2)nc(C)n1.Cl.Cl. The van der Waals surface area contributed by atoms with Crippen LogP contribution in [0.25, 0.3) is 0 Å². The molecule has 3 unspecified atom stereocenters. The number of hydrogen-bond acceptors (Lipinski definition) is 5. The molecule has 8 heteroatoms. The second-order valence-corrected chi connectivity index (χ2v) is 8.29. The fourth-order valence-corrected chi connectivity index (χ4v) is 4.94. The van der Waals surface area contributed by atoms with Crippen molar-refractivity contribution < 1.29 is 4.79 Å². The van der Waals surface area contributed by atoms with Crippen LogP contribution in [0.15, 0.2) is 6.07 Å². The van der Waals surface area contributed by atoms with Gasteiger partial charge in [-0.25, -0.2) is 9.97 Å². The van der Waals surface area contributed by atoms with Crippen LogP contribution in [-0.4, -0.2) is 47.1 Å². The number of piperidine rings is 1. The first-order valence-electron chi connectivity index (χ1n) is 10.2. The minimum absolute atomic E-state index is 0. The Balaban J connectivity index is 0.00000140. The van der Waals surface area contributed by atoms with Crippen molar-refractivity contribution in [2.24, 2.45) is 5.92 Å². The summed E-state index contributed by atoms with van der Waals surface area (Å²) in [4.78, 5) is 23.9. The third kappa shape index (κ3) is 5.28. The highest BCUT2D eigenvalue weighted by Crippen LogP contribution is 2.33. The van der Waals surface area contributed by atoms with Crippen LogP contribution in [0.2, 0.25) is 0 Å². The fraction of sp³-hybridized carbons (Fsp3) is 0.750. The number of hydrogen-bond donors (Lipinski definition) is 2. The van der Waals surface area contributed by atoms with Crippen LogP contribution in [0, 0.1) is 19.8 Å². The van der Waals surface area contributed by atoms with Crippen molar-refractivity contribution in [1.29, 1.82) is 0 Å². The molecule has 3 heterocycles. The minimum atomic E-state index is 0. The highest BCUT2D eigenvalue weighted by molar-refractivity contribution is 5.85. The molecule has 1 aliphatic carbocycles. The molecule has 1 amide bonds. The number of halogens is 2. The molecule has 6 nitrogen and oxygen atoms in total. The Morgan fingerprint density at radius 2 is 1.82 bits per heavy atom. The van der Waals surface area contributed by atoms with Crippen LogP contribution in [0.1, 0.15) is 56.5 Å². The summed E-state index contributed by atoms with van der Waals surface area (Å²) in [5.41, 5.74) is 1.01. The highest BCUT2D eigenvalue weighted by Gasteiger charge is 2.38. The van der Waals surface area contributed by atoms with Crippen molar-refractivity contribution in [2.75, 3.05) is 18.0 Å². The number of amides is 1. The van der Waals surface area contributed by atoms with E-state index in [-0.39, 0.29) is 42.8 Å². The lowest BCUT2D eigenvalue weighted by Crippen LogP contribution is -2.50. The molecule has 2 saturated heterocycles. The van der Waals surface area contributed by atoms with Gasteiger partial charge in [0.2, 0.25) is 5.91 Å². The Labute approximate surface area is 180 Å². The molecule has 3 fully saturated rings. The van der Waals surface area contributed by atoms with Crippen molar-refractivity contribution >= 4 is 36.5 Å². The molecule has 28 heavy (non-hydrogen) atoms. The predicted octanol–water partition coefficient (Wildman–Crippen LogP) is 2.94. The third-order valence-corrected chi connectivity index (χ3v) is 6.30. The van der Waals surface area contributed by atoms with Gasteiger partial charge in [0, 0.05) is 36.9 Å². The van der Waals surface area contributed by atoms with Crippen LogP contribution in [0.5, 0.6) is 0 Å². The topological polar surface area (TPSA) is 70.2 Å². The van der Waals surface area contributed by atoms with Gasteiger partial charge in [-0.05, 0) is 51.9 Å². The van der Waals surface area contributed by atoms with Crippen LogP contribution in [-0.2, 0) is 4.79 Å². The normalized spacial score (nSPS) is 27.4. The Kier molecular flexibility index (Phi) is 8.34. The monoisotopic (exact) mass is 429 g/mol. The van der Waals surface area contributed by atoms with Crippen LogP contribution in [0.4, 0.5) is 5.82 Å². The van der Waals surface area contributed by atoms with E-state index < -0.39 is 0 Å². The first kappa shape index (κ1) is 23.2. The van der Waals surface area contributed by atoms with Gasteiger partial charge in [0.05, 0.1) is 6.04 Å². The number of nitrogens with one attached hydrogen (secondary N) is 2. The summed E-state index contributed by atoms with van der Waals surface area (Å²) < 4.78 is 0. The fourth-order valence-electron chi connectivity index (χ4n) is 4.94. The second kappa shape index (κ2) is 10.1. The van der Waals surface area contributed by atoms with Gasteiger partial charge in [-0.2, -0.15) is 0 Å². The third-order valence-electron chi connectivity index (χ3n) is 6.30. The van der Waals surface area contributed by atoms with Crippen LogP contribution in [0.3, 0.4) is 0 Å². The Bertz CT molecular complexity index is 632. The number of aromatic nitrogens is 2. The number of anilines is 1. The van der Waals surface area contributed by atoms with Crippen molar-refractivity contribution in [3.63, 3.8) is 0 Å². The standard InChI is InChI=1S/C20H31N5O.2ClH/c1-13-11-19(22-14(2)21-13)25-9-7-16(8-10-25)23-20(26)18-12-15-5-3-4-6-17(15)24-18;;/h11,15-18,24H,3-10,12H2,1-2H3,(H,23,26);2*1H. The van der Waals surface area contributed by atoms with E-state index in [0.29, 0.717) is 12.0 Å². The summed E-state index contributed by atoms with van der Waals surface area (Å²) in [7, 11) is 0. The summed E-state index contributed by atoms with van der Waals surface area (Å²) in [5, 5.41) is 6.89. The van der Waals surface area contributed by atoms with E-state index in [4.69, 9.17) is 0 Å². The van der Waals surface area contributed by atoms with Gasteiger partial charge < -0.3 is 15.5 Å². The summed E-state index contributed by atoms with van der Waals surface area (Å²) in [6.45, 7) is 5.82. The van der Waals surface area contributed by atoms with Gasteiger partial charge in [-0.15, -0.1) is 24.8 Å². The van der Waals surface area contributed by atoms with E-state index in [2.05, 4.69) is 31.6 Å². The zero-order chi connectivity index (χ0) is 18.1. The van der Waals surface area contributed by atoms with Crippen LogP contribution < -0.4 is 15.5 Å². The molecule has 0 aromatic carbocycles. The Hall–Kier alpha value is -1.11. The predicted molar refractivity (Wildman–Crippen MR) is 117 cm³/mol. The van der Waals surface area contributed by atoms with Crippen molar-refractivity contribution in [1.82, 2.24) is 20.6 Å².